The first kappa shape index (κ1) is 18.7. The summed E-state index contributed by atoms with van der Waals surface area (Å²) in [6, 6.07) is 28.5. The standard InChI is InChI=1S/C27H20ClNO/c1-18(25-15-12-20-6-3-5-9-26(20)29-25)30-27-17-21-7-2-4-8-23(21)24(27)16-19-10-13-22(28)14-11-19/h2-18H,1H3/b24-16+. The van der Waals surface area contributed by atoms with Crippen molar-refractivity contribution in [3.05, 3.63) is 118 Å². The second kappa shape index (κ2) is 7.81. The summed E-state index contributed by atoms with van der Waals surface area (Å²) in [5.41, 5.74) is 6.37. The smallest absolute Gasteiger partial charge is 0.138 e. The number of ether oxygens (including phenoxy) is 1. The van der Waals surface area contributed by atoms with Crippen molar-refractivity contribution in [2.45, 2.75) is 13.0 Å². The molecule has 146 valence electrons. The predicted molar refractivity (Wildman–Crippen MR) is 125 cm³/mol. The van der Waals surface area contributed by atoms with E-state index in [1.165, 1.54) is 5.56 Å². The Kier molecular flexibility index (Phi) is 4.86. The molecule has 0 spiro atoms. The molecule has 0 radical (unpaired) electrons. The number of pyridine rings is 1. The van der Waals surface area contributed by atoms with Crippen LogP contribution in [-0.4, -0.2) is 4.98 Å². The summed E-state index contributed by atoms with van der Waals surface area (Å²) in [4.78, 5) is 4.80. The van der Waals surface area contributed by atoms with Crippen LogP contribution in [0.1, 0.15) is 35.4 Å². The van der Waals surface area contributed by atoms with E-state index in [0.717, 1.165) is 44.1 Å². The minimum absolute atomic E-state index is 0.177. The van der Waals surface area contributed by atoms with Gasteiger partial charge in [-0.2, -0.15) is 0 Å². The number of para-hydroxylation sites is 1. The van der Waals surface area contributed by atoms with Crippen molar-refractivity contribution < 1.29 is 4.74 Å². The summed E-state index contributed by atoms with van der Waals surface area (Å²) in [5.74, 6) is 0.855. The van der Waals surface area contributed by atoms with E-state index in [0.29, 0.717) is 0 Å². The molecule has 1 heterocycles. The van der Waals surface area contributed by atoms with E-state index in [1.807, 2.05) is 61.5 Å². The highest BCUT2D eigenvalue weighted by Crippen LogP contribution is 2.39. The number of hydrogen-bond donors (Lipinski definition) is 0. The van der Waals surface area contributed by atoms with Gasteiger partial charge >= 0.3 is 0 Å². The fraction of sp³-hybridized carbons (Fsp3) is 0.0741. The SMILES string of the molecule is CC(OC1=Cc2ccccc2/C1=C\c1ccc(Cl)cc1)c1ccc2ccccc2n1. The number of aromatic nitrogens is 1. The number of nitrogens with zero attached hydrogens (tertiary/aromatic N) is 1. The largest absolute Gasteiger partial charge is 0.484 e. The van der Waals surface area contributed by atoms with Crippen LogP contribution in [-0.2, 0) is 4.74 Å². The first-order valence-corrected chi connectivity index (χ1v) is 10.4. The first-order chi connectivity index (χ1) is 14.7. The molecule has 1 atom stereocenters. The molecule has 1 aliphatic carbocycles. The van der Waals surface area contributed by atoms with Crippen LogP contribution in [0.5, 0.6) is 0 Å². The Bertz CT molecular complexity index is 1290. The minimum Gasteiger partial charge on any atom is -0.484 e. The molecular weight excluding hydrogens is 390 g/mol. The highest BCUT2D eigenvalue weighted by molar-refractivity contribution is 6.30. The van der Waals surface area contributed by atoms with Crippen LogP contribution < -0.4 is 0 Å². The summed E-state index contributed by atoms with van der Waals surface area (Å²) in [6.45, 7) is 2.04. The maximum absolute atomic E-state index is 6.44. The average Bonchev–Trinajstić information content (AvgIpc) is 3.12. The van der Waals surface area contributed by atoms with Gasteiger partial charge in [0, 0.05) is 16.0 Å². The molecule has 3 aromatic carbocycles. The van der Waals surface area contributed by atoms with Crippen LogP contribution in [0.15, 0.2) is 90.7 Å². The zero-order valence-corrected chi connectivity index (χ0v) is 17.3. The Labute approximate surface area is 181 Å². The molecule has 0 bridgehead atoms. The molecule has 0 saturated carbocycles. The van der Waals surface area contributed by atoms with Gasteiger partial charge in [0.25, 0.3) is 0 Å². The molecule has 0 N–H and O–H groups in total. The lowest BCUT2D eigenvalue weighted by molar-refractivity contribution is 0.145. The van der Waals surface area contributed by atoms with Gasteiger partial charge in [0.1, 0.15) is 11.9 Å². The zero-order chi connectivity index (χ0) is 20.5. The number of rotatable bonds is 4. The zero-order valence-electron chi connectivity index (χ0n) is 16.5. The fourth-order valence-corrected chi connectivity index (χ4v) is 3.88. The quantitative estimate of drug-likeness (QED) is 0.347. The normalized spacial score (nSPS) is 15.1. The van der Waals surface area contributed by atoms with Crippen LogP contribution in [0.2, 0.25) is 5.02 Å². The summed E-state index contributed by atoms with van der Waals surface area (Å²) in [6.07, 6.45) is 4.08. The van der Waals surface area contributed by atoms with Crippen molar-refractivity contribution in [1.29, 1.82) is 0 Å². The van der Waals surface area contributed by atoms with Crippen LogP contribution in [0.25, 0.3) is 28.6 Å². The second-order valence-electron chi connectivity index (χ2n) is 7.39. The number of hydrogen-bond acceptors (Lipinski definition) is 2. The van der Waals surface area contributed by atoms with Crippen molar-refractivity contribution in [3.63, 3.8) is 0 Å². The van der Waals surface area contributed by atoms with E-state index in [-0.39, 0.29) is 6.10 Å². The summed E-state index contributed by atoms with van der Waals surface area (Å²) < 4.78 is 6.44. The topological polar surface area (TPSA) is 22.1 Å². The van der Waals surface area contributed by atoms with Crippen molar-refractivity contribution in [1.82, 2.24) is 4.98 Å². The number of fused-ring (bicyclic) bond motifs is 2. The molecule has 2 nitrogen and oxygen atoms in total. The third-order valence-electron chi connectivity index (χ3n) is 5.32. The van der Waals surface area contributed by atoms with Gasteiger partial charge in [0.2, 0.25) is 0 Å². The Morgan fingerprint density at radius 1 is 0.867 bits per heavy atom. The van der Waals surface area contributed by atoms with Crippen LogP contribution in [0, 0.1) is 0 Å². The van der Waals surface area contributed by atoms with Gasteiger partial charge in [0.05, 0.1) is 11.2 Å². The number of halogens is 1. The second-order valence-corrected chi connectivity index (χ2v) is 7.83. The van der Waals surface area contributed by atoms with Crippen molar-refractivity contribution >= 4 is 40.2 Å². The minimum atomic E-state index is -0.177. The van der Waals surface area contributed by atoms with Crippen molar-refractivity contribution in [2.75, 3.05) is 0 Å². The molecule has 1 unspecified atom stereocenters. The van der Waals surface area contributed by atoms with Crippen LogP contribution >= 0.6 is 11.6 Å². The highest BCUT2D eigenvalue weighted by Gasteiger charge is 2.22. The van der Waals surface area contributed by atoms with Gasteiger partial charge in [-0.1, -0.05) is 72.3 Å². The molecule has 0 amide bonds. The van der Waals surface area contributed by atoms with E-state index < -0.39 is 0 Å². The van der Waals surface area contributed by atoms with Gasteiger partial charge in [-0.05, 0) is 60.0 Å². The van der Waals surface area contributed by atoms with Gasteiger partial charge in [-0.15, -0.1) is 0 Å². The third-order valence-corrected chi connectivity index (χ3v) is 5.58. The molecule has 0 saturated heterocycles. The molecule has 4 aromatic rings. The number of benzene rings is 3. The molecule has 0 aliphatic heterocycles. The molecule has 0 fully saturated rings. The molecule has 5 rings (SSSR count). The van der Waals surface area contributed by atoms with Crippen LogP contribution in [0.3, 0.4) is 0 Å². The Morgan fingerprint density at radius 3 is 2.50 bits per heavy atom. The lowest BCUT2D eigenvalue weighted by Crippen LogP contribution is -2.02. The molecular formula is C27H20ClNO. The number of allylic oxidation sites excluding steroid dienone is 1. The first-order valence-electron chi connectivity index (χ1n) is 9.98. The lowest BCUT2D eigenvalue weighted by Gasteiger charge is -2.17. The summed E-state index contributed by atoms with van der Waals surface area (Å²) >= 11 is 6.05. The van der Waals surface area contributed by atoms with Crippen molar-refractivity contribution in [3.8, 4) is 0 Å². The summed E-state index contributed by atoms with van der Waals surface area (Å²) in [5, 5.41) is 1.86. The van der Waals surface area contributed by atoms with E-state index >= 15 is 0 Å². The van der Waals surface area contributed by atoms with Gasteiger partial charge in [-0.25, -0.2) is 4.98 Å². The van der Waals surface area contributed by atoms with E-state index in [1.54, 1.807) is 0 Å². The Hall–Kier alpha value is -3.36. The van der Waals surface area contributed by atoms with Crippen LogP contribution in [0.4, 0.5) is 0 Å². The van der Waals surface area contributed by atoms with Gasteiger partial charge in [0.15, 0.2) is 0 Å². The maximum atomic E-state index is 6.44. The highest BCUT2D eigenvalue weighted by atomic mass is 35.5. The average molecular weight is 410 g/mol. The monoisotopic (exact) mass is 409 g/mol. The summed E-state index contributed by atoms with van der Waals surface area (Å²) in [7, 11) is 0. The maximum Gasteiger partial charge on any atom is 0.138 e. The molecule has 30 heavy (non-hydrogen) atoms. The van der Waals surface area contributed by atoms with Gasteiger partial charge < -0.3 is 4.74 Å². The predicted octanol–water partition coefficient (Wildman–Crippen LogP) is 7.56. The lowest BCUT2D eigenvalue weighted by atomic mass is 10.0. The Balaban J connectivity index is 1.49. The Morgan fingerprint density at radius 2 is 1.63 bits per heavy atom. The third kappa shape index (κ3) is 3.62. The van der Waals surface area contributed by atoms with Gasteiger partial charge in [-0.3, -0.25) is 0 Å². The molecule has 1 aromatic heterocycles. The van der Waals surface area contributed by atoms with E-state index in [9.17, 15) is 0 Å². The van der Waals surface area contributed by atoms with Crippen molar-refractivity contribution in [2.24, 2.45) is 0 Å². The molecule has 1 aliphatic rings. The molecule has 3 heteroatoms. The van der Waals surface area contributed by atoms with E-state index in [4.69, 9.17) is 21.3 Å². The fourth-order valence-electron chi connectivity index (χ4n) is 3.75. The van der Waals surface area contributed by atoms with E-state index in [2.05, 4.69) is 42.5 Å².